The van der Waals surface area contributed by atoms with Crippen molar-refractivity contribution in [1.82, 2.24) is 5.32 Å². The molecule has 21 heavy (non-hydrogen) atoms. The van der Waals surface area contributed by atoms with Crippen LogP contribution in [0.4, 0.5) is 0 Å². The molecule has 0 saturated carbocycles. The van der Waals surface area contributed by atoms with Gasteiger partial charge in [-0.25, -0.2) is 0 Å². The summed E-state index contributed by atoms with van der Waals surface area (Å²) < 4.78 is 0. The molecule has 0 radical (unpaired) electrons. The molecule has 0 aromatic carbocycles. The number of nitrogens with one attached hydrogen (secondary N) is 1. The van der Waals surface area contributed by atoms with Crippen LogP contribution in [0.2, 0.25) is 0 Å². The Hall–Kier alpha value is -0.940. The van der Waals surface area contributed by atoms with E-state index in [-0.39, 0.29) is 18.3 Å². The van der Waals surface area contributed by atoms with Gasteiger partial charge in [0.2, 0.25) is 5.91 Å². The molecule has 0 spiro atoms. The lowest BCUT2D eigenvalue weighted by atomic mass is 9.85. The van der Waals surface area contributed by atoms with Gasteiger partial charge in [0.25, 0.3) is 0 Å². The van der Waals surface area contributed by atoms with Crippen LogP contribution in [0.3, 0.4) is 0 Å². The summed E-state index contributed by atoms with van der Waals surface area (Å²) in [6, 6.07) is -0.425. The van der Waals surface area contributed by atoms with Crippen LogP contribution in [-0.2, 0) is 9.59 Å². The number of Topliss-reactive ketones (excluding diaryl/α,β-unsaturated/α-hetero) is 1. The third kappa shape index (κ3) is 7.58. The standard InChI is InChI=1S/C16H32N2O3/c1-15(2,3)13(20)12(17)8-6-7-10-18-14(21)16(4,5)9-11-19/h12,19H,6-11,17H2,1-5H3,(H,18,21). The summed E-state index contributed by atoms with van der Waals surface area (Å²) in [4.78, 5) is 23.8. The van der Waals surface area contributed by atoms with Gasteiger partial charge in [-0.05, 0) is 25.7 Å². The zero-order chi connectivity index (χ0) is 16.7. The Balaban J connectivity index is 3.93. The molecule has 0 saturated heterocycles. The smallest absolute Gasteiger partial charge is 0.225 e. The lowest BCUT2D eigenvalue weighted by molar-refractivity contribution is -0.130. The number of carbonyl (C=O) groups is 2. The highest BCUT2D eigenvalue weighted by Crippen LogP contribution is 2.20. The quantitative estimate of drug-likeness (QED) is 0.564. The van der Waals surface area contributed by atoms with Crippen LogP contribution in [0.25, 0.3) is 0 Å². The number of unbranched alkanes of at least 4 members (excludes halogenated alkanes) is 1. The van der Waals surface area contributed by atoms with Crippen molar-refractivity contribution < 1.29 is 14.7 Å². The SMILES string of the molecule is CC(C)(C)C(=O)C(N)CCCCNC(=O)C(C)(C)CCO. The minimum absolute atomic E-state index is 0.00416. The van der Waals surface area contributed by atoms with Crippen LogP contribution in [0.15, 0.2) is 0 Å². The highest BCUT2D eigenvalue weighted by molar-refractivity contribution is 5.88. The highest BCUT2D eigenvalue weighted by Gasteiger charge is 2.27. The van der Waals surface area contributed by atoms with E-state index in [1.165, 1.54) is 0 Å². The molecular formula is C16H32N2O3. The van der Waals surface area contributed by atoms with Crippen molar-refractivity contribution in [3.63, 3.8) is 0 Å². The molecule has 0 bridgehead atoms. The maximum Gasteiger partial charge on any atom is 0.225 e. The first-order chi connectivity index (χ1) is 9.52. The topological polar surface area (TPSA) is 92.4 Å². The Morgan fingerprint density at radius 2 is 1.71 bits per heavy atom. The first-order valence-electron chi connectivity index (χ1n) is 7.71. The molecule has 0 heterocycles. The summed E-state index contributed by atoms with van der Waals surface area (Å²) in [6.45, 7) is 9.83. The number of hydrogen-bond donors (Lipinski definition) is 3. The molecule has 0 aliphatic rings. The number of rotatable bonds is 9. The molecule has 0 aliphatic heterocycles. The van der Waals surface area contributed by atoms with Gasteiger partial charge in [-0.1, -0.05) is 34.6 Å². The van der Waals surface area contributed by atoms with E-state index in [0.29, 0.717) is 19.4 Å². The maximum absolute atomic E-state index is 11.9. The van der Waals surface area contributed by atoms with Crippen LogP contribution >= 0.6 is 0 Å². The lowest BCUT2D eigenvalue weighted by Crippen LogP contribution is -2.39. The van der Waals surface area contributed by atoms with Crippen molar-refractivity contribution in [2.24, 2.45) is 16.6 Å². The summed E-state index contributed by atoms with van der Waals surface area (Å²) in [5, 5.41) is 11.8. The fourth-order valence-corrected chi connectivity index (χ4v) is 2.01. The second-order valence-corrected chi connectivity index (χ2v) is 7.33. The molecule has 0 rings (SSSR count). The third-order valence-corrected chi connectivity index (χ3v) is 3.65. The predicted molar refractivity (Wildman–Crippen MR) is 84.8 cm³/mol. The molecule has 4 N–H and O–H groups in total. The number of hydrogen-bond acceptors (Lipinski definition) is 4. The van der Waals surface area contributed by atoms with Crippen molar-refractivity contribution in [2.45, 2.75) is 66.3 Å². The first kappa shape index (κ1) is 20.1. The molecule has 5 nitrogen and oxygen atoms in total. The fourth-order valence-electron chi connectivity index (χ4n) is 2.01. The van der Waals surface area contributed by atoms with Crippen molar-refractivity contribution in [3.8, 4) is 0 Å². The van der Waals surface area contributed by atoms with Gasteiger partial charge in [-0.3, -0.25) is 9.59 Å². The second kappa shape index (κ2) is 8.49. The van der Waals surface area contributed by atoms with Gasteiger partial charge in [0, 0.05) is 24.0 Å². The van der Waals surface area contributed by atoms with Crippen molar-refractivity contribution in [3.05, 3.63) is 0 Å². The van der Waals surface area contributed by atoms with E-state index in [0.717, 1.165) is 12.8 Å². The minimum atomic E-state index is -0.548. The molecule has 1 unspecified atom stereocenters. The molecule has 1 amide bonds. The minimum Gasteiger partial charge on any atom is -0.396 e. The number of aliphatic hydroxyl groups excluding tert-OH is 1. The van der Waals surface area contributed by atoms with Crippen LogP contribution < -0.4 is 11.1 Å². The molecule has 0 aliphatic carbocycles. The number of ketones is 1. The van der Waals surface area contributed by atoms with Crippen molar-refractivity contribution in [1.29, 1.82) is 0 Å². The summed E-state index contributed by atoms with van der Waals surface area (Å²) >= 11 is 0. The van der Waals surface area contributed by atoms with E-state index in [1.54, 1.807) is 0 Å². The van der Waals surface area contributed by atoms with Crippen LogP contribution in [0, 0.1) is 10.8 Å². The van der Waals surface area contributed by atoms with Crippen molar-refractivity contribution in [2.75, 3.05) is 13.2 Å². The zero-order valence-electron chi connectivity index (χ0n) is 14.2. The Kier molecular flexibility index (Phi) is 8.11. The molecule has 5 heteroatoms. The van der Waals surface area contributed by atoms with Gasteiger partial charge in [0.05, 0.1) is 6.04 Å². The largest absolute Gasteiger partial charge is 0.396 e. The van der Waals surface area contributed by atoms with Gasteiger partial charge in [-0.2, -0.15) is 0 Å². The van der Waals surface area contributed by atoms with Gasteiger partial charge in [-0.15, -0.1) is 0 Å². The van der Waals surface area contributed by atoms with E-state index in [2.05, 4.69) is 5.32 Å². The summed E-state index contributed by atoms with van der Waals surface area (Å²) in [7, 11) is 0. The first-order valence-corrected chi connectivity index (χ1v) is 7.71. The summed E-state index contributed by atoms with van der Waals surface area (Å²) in [5.74, 6) is 0.0298. The lowest BCUT2D eigenvalue weighted by Gasteiger charge is -2.23. The van der Waals surface area contributed by atoms with Crippen molar-refractivity contribution >= 4 is 11.7 Å². The highest BCUT2D eigenvalue weighted by atomic mass is 16.3. The van der Waals surface area contributed by atoms with Gasteiger partial charge in [0.1, 0.15) is 0 Å². The number of amides is 1. The molecule has 0 fully saturated rings. The number of aliphatic hydroxyl groups is 1. The van der Waals surface area contributed by atoms with E-state index >= 15 is 0 Å². The van der Waals surface area contributed by atoms with E-state index in [1.807, 2.05) is 34.6 Å². The van der Waals surface area contributed by atoms with E-state index in [4.69, 9.17) is 10.8 Å². The van der Waals surface area contributed by atoms with Crippen LogP contribution in [0.5, 0.6) is 0 Å². The van der Waals surface area contributed by atoms with E-state index in [9.17, 15) is 9.59 Å². The fraction of sp³-hybridized carbons (Fsp3) is 0.875. The monoisotopic (exact) mass is 300 g/mol. The zero-order valence-corrected chi connectivity index (χ0v) is 14.2. The molecule has 1 atom stereocenters. The third-order valence-electron chi connectivity index (χ3n) is 3.65. The average Bonchev–Trinajstić information content (AvgIpc) is 2.35. The van der Waals surface area contributed by atoms with Gasteiger partial charge in [0.15, 0.2) is 5.78 Å². The normalized spacial score (nSPS) is 13.9. The summed E-state index contributed by atoms with van der Waals surface area (Å²) in [6.07, 6.45) is 2.70. The molecular weight excluding hydrogens is 268 g/mol. The van der Waals surface area contributed by atoms with Crippen LogP contribution in [0.1, 0.15) is 60.3 Å². The number of nitrogens with two attached hydrogens (primary N) is 1. The Labute approximate surface area is 128 Å². The Morgan fingerprint density at radius 1 is 1.14 bits per heavy atom. The van der Waals surface area contributed by atoms with E-state index < -0.39 is 16.9 Å². The predicted octanol–water partition coefficient (Wildman–Crippen LogP) is 1.62. The van der Waals surface area contributed by atoms with Gasteiger partial charge >= 0.3 is 0 Å². The molecule has 124 valence electrons. The second-order valence-electron chi connectivity index (χ2n) is 7.33. The summed E-state index contributed by atoms with van der Waals surface area (Å²) in [5.41, 5.74) is 4.94. The Morgan fingerprint density at radius 3 is 2.19 bits per heavy atom. The Bertz CT molecular complexity index is 346. The maximum atomic E-state index is 11.9. The number of carbonyl (C=O) groups excluding carboxylic acids is 2. The van der Waals surface area contributed by atoms with Gasteiger partial charge < -0.3 is 16.2 Å². The average molecular weight is 300 g/mol. The molecule has 0 aromatic heterocycles. The molecule has 0 aromatic rings. The van der Waals surface area contributed by atoms with Crippen LogP contribution in [-0.4, -0.2) is 36.0 Å².